The molecule has 2 heterocycles. The van der Waals surface area contributed by atoms with Gasteiger partial charge in [-0.05, 0) is 51.0 Å². The van der Waals surface area contributed by atoms with Crippen molar-refractivity contribution >= 4 is 27.5 Å². The van der Waals surface area contributed by atoms with E-state index in [2.05, 4.69) is 5.32 Å². The lowest BCUT2D eigenvalue weighted by molar-refractivity contribution is 0.0513. The summed E-state index contributed by atoms with van der Waals surface area (Å²) in [6.45, 7) is 6.95. The maximum atomic E-state index is 12.4. The first-order valence-electron chi connectivity index (χ1n) is 7.69. The molecule has 1 saturated heterocycles. The van der Waals surface area contributed by atoms with E-state index in [-0.39, 0.29) is 5.92 Å². The highest BCUT2D eigenvalue weighted by molar-refractivity contribution is 7.91. The predicted octanol–water partition coefficient (Wildman–Crippen LogP) is 2.67. The molecule has 0 aromatic carbocycles. The fourth-order valence-corrected chi connectivity index (χ4v) is 5.05. The van der Waals surface area contributed by atoms with Gasteiger partial charge in [0.15, 0.2) is 0 Å². The summed E-state index contributed by atoms with van der Waals surface area (Å²) in [7, 11) is -3.36. The maximum absolute atomic E-state index is 12.4. The summed E-state index contributed by atoms with van der Waals surface area (Å²) in [5.41, 5.74) is -0.512. The Kier molecular flexibility index (Phi) is 5.70. The van der Waals surface area contributed by atoms with Crippen molar-refractivity contribution in [1.82, 2.24) is 9.62 Å². The van der Waals surface area contributed by atoms with Crippen LogP contribution in [0, 0.1) is 5.92 Å². The van der Waals surface area contributed by atoms with E-state index in [1.54, 1.807) is 17.5 Å². The zero-order chi connectivity index (χ0) is 17.1. The Morgan fingerprint density at radius 3 is 2.57 bits per heavy atom. The first-order chi connectivity index (χ1) is 10.7. The zero-order valence-corrected chi connectivity index (χ0v) is 15.4. The second-order valence-electron chi connectivity index (χ2n) is 6.66. The smallest absolute Gasteiger partial charge is 0.407 e. The van der Waals surface area contributed by atoms with Crippen molar-refractivity contribution in [2.45, 2.75) is 43.4 Å². The second kappa shape index (κ2) is 7.19. The Bertz CT molecular complexity index is 612. The third-order valence-corrected chi connectivity index (χ3v) is 6.87. The SMILES string of the molecule is CC(C)(C)OC(=O)NCC1CCN(S(=O)(=O)c2cccs2)CC1. The molecule has 6 nitrogen and oxygen atoms in total. The molecule has 0 atom stereocenters. The van der Waals surface area contributed by atoms with Crippen LogP contribution < -0.4 is 5.32 Å². The van der Waals surface area contributed by atoms with Gasteiger partial charge in [-0.3, -0.25) is 0 Å². The highest BCUT2D eigenvalue weighted by Gasteiger charge is 2.30. The van der Waals surface area contributed by atoms with E-state index in [0.29, 0.717) is 23.8 Å². The Hall–Kier alpha value is -1.12. The molecule has 1 aromatic rings. The molecule has 0 spiro atoms. The van der Waals surface area contributed by atoms with Gasteiger partial charge in [-0.15, -0.1) is 11.3 Å². The quantitative estimate of drug-likeness (QED) is 0.896. The van der Waals surface area contributed by atoms with Gasteiger partial charge >= 0.3 is 6.09 Å². The molecule has 1 N–H and O–H groups in total. The molecule has 1 aliphatic rings. The average Bonchev–Trinajstić information content (AvgIpc) is 2.98. The first-order valence-corrected chi connectivity index (χ1v) is 10.0. The van der Waals surface area contributed by atoms with Crippen LogP contribution in [0.25, 0.3) is 0 Å². The van der Waals surface area contributed by atoms with E-state index >= 15 is 0 Å². The monoisotopic (exact) mass is 360 g/mol. The Morgan fingerprint density at radius 2 is 2.04 bits per heavy atom. The molecule has 8 heteroatoms. The van der Waals surface area contributed by atoms with Gasteiger partial charge in [0.1, 0.15) is 9.81 Å². The summed E-state index contributed by atoms with van der Waals surface area (Å²) in [6.07, 6.45) is 1.05. The molecular formula is C15H24N2O4S2. The van der Waals surface area contributed by atoms with Crippen LogP contribution in [0.15, 0.2) is 21.7 Å². The number of sulfonamides is 1. The van der Waals surface area contributed by atoms with Crippen molar-refractivity contribution in [1.29, 1.82) is 0 Å². The third-order valence-electron chi connectivity index (χ3n) is 3.60. The van der Waals surface area contributed by atoms with Gasteiger partial charge < -0.3 is 10.1 Å². The normalized spacial score (nSPS) is 17.9. The van der Waals surface area contributed by atoms with Crippen LogP contribution >= 0.6 is 11.3 Å². The Balaban J connectivity index is 1.79. The van der Waals surface area contributed by atoms with E-state index in [1.165, 1.54) is 15.6 Å². The molecule has 0 unspecified atom stereocenters. The number of hydrogen-bond donors (Lipinski definition) is 1. The number of rotatable bonds is 4. The topological polar surface area (TPSA) is 75.7 Å². The number of nitrogens with zero attached hydrogens (tertiary/aromatic N) is 1. The summed E-state index contributed by atoms with van der Waals surface area (Å²) in [5.74, 6) is 0.275. The number of nitrogens with one attached hydrogen (secondary N) is 1. The summed E-state index contributed by atoms with van der Waals surface area (Å²) >= 11 is 1.24. The summed E-state index contributed by atoms with van der Waals surface area (Å²) < 4.78 is 32.0. The minimum Gasteiger partial charge on any atom is -0.444 e. The molecule has 0 radical (unpaired) electrons. The fourth-order valence-electron chi connectivity index (χ4n) is 2.43. The van der Waals surface area contributed by atoms with Crippen LogP contribution in [0.2, 0.25) is 0 Å². The van der Waals surface area contributed by atoms with Gasteiger partial charge in [-0.2, -0.15) is 4.31 Å². The molecule has 23 heavy (non-hydrogen) atoms. The highest BCUT2D eigenvalue weighted by atomic mass is 32.2. The van der Waals surface area contributed by atoms with E-state index in [1.807, 2.05) is 20.8 Å². The molecular weight excluding hydrogens is 336 g/mol. The zero-order valence-electron chi connectivity index (χ0n) is 13.7. The third kappa shape index (κ3) is 5.19. The fraction of sp³-hybridized carbons (Fsp3) is 0.667. The molecule has 2 rings (SSSR count). The number of amides is 1. The van der Waals surface area contributed by atoms with Crippen LogP contribution in [-0.4, -0.2) is 44.1 Å². The van der Waals surface area contributed by atoms with Gasteiger partial charge in [0.2, 0.25) is 0 Å². The Labute approximate surface area is 141 Å². The van der Waals surface area contributed by atoms with Crippen LogP contribution in [0.4, 0.5) is 4.79 Å². The van der Waals surface area contributed by atoms with Crippen molar-refractivity contribution < 1.29 is 17.9 Å². The van der Waals surface area contributed by atoms with Crippen molar-refractivity contribution in [2.75, 3.05) is 19.6 Å². The van der Waals surface area contributed by atoms with Crippen LogP contribution in [0.3, 0.4) is 0 Å². The number of ether oxygens (including phenoxy) is 1. The summed E-state index contributed by atoms with van der Waals surface area (Å²) in [5, 5.41) is 4.53. The number of carbonyl (C=O) groups excluding carboxylic acids is 1. The average molecular weight is 361 g/mol. The van der Waals surface area contributed by atoms with Gasteiger partial charge in [0, 0.05) is 19.6 Å². The van der Waals surface area contributed by atoms with E-state index in [0.717, 1.165) is 12.8 Å². The summed E-state index contributed by atoms with van der Waals surface area (Å²) in [6, 6.07) is 3.38. The molecule has 130 valence electrons. The van der Waals surface area contributed by atoms with Gasteiger partial charge in [0.05, 0.1) is 0 Å². The standard InChI is InChI=1S/C15H24N2O4S2/c1-15(2,3)21-14(18)16-11-12-6-8-17(9-7-12)23(19,20)13-5-4-10-22-13/h4-5,10,12H,6-9,11H2,1-3H3,(H,16,18). The number of thiophene rings is 1. The minimum atomic E-state index is -3.36. The molecule has 1 amide bonds. The number of alkyl carbamates (subject to hydrolysis) is 1. The lowest BCUT2D eigenvalue weighted by Crippen LogP contribution is -2.42. The van der Waals surface area contributed by atoms with Crippen LogP contribution in [0.5, 0.6) is 0 Å². The van der Waals surface area contributed by atoms with Gasteiger partial charge in [-0.1, -0.05) is 6.07 Å². The van der Waals surface area contributed by atoms with Gasteiger partial charge in [0.25, 0.3) is 10.0 Å². The molecule has 0 aliphatic carbocycles. The van der Waals surface area contributed by atoms with Crippen LogP contribution in [-0.2, 0) is 14.8 Å². The second-order valence-corrected chi connectivity index (χ2v) is 9.77. The molecule has 1 fully saturated rings. The minimum absolute atomic E-state index is 0.275. The number of hydrogen-bond acceptors (Lipinski definition) is 5. The van der Waals surface area contributed by atoms with E-state index in [9.17, 15) is 13.2 Å². The summed E-state index contributed by atoms with van der Waals surface area (Å²) in [4.78, 5) is 11.6. The number of piperidine rings is 1. The molecule has 1 aliphatic heterocycles. The predicted molar refractivity (Wildman–Crippen MR) is 90.0 cm³/mol. The molecule has 1 aromatic heterocycles. The Morgan fingerprint density at radius 1 is 1.39 bits per heavy atom. The van der Waals surface area contributed by atoms with Crippen molar-refractivity contribution in [2.24, 2.45) is 5.92 Å². The highest BCUT2D eigenvalue weighted by Crippen LogP contribution is 2.26. The maximum Gasteiger partial charge on any atom is 0.407 e. The molecule has 0 bridgehead atoms. The van der Waals surface area contributed by atoms with Crippen molar-refractivity contribution in [3.05, 3.63) is 17.5 Å². The number of carbonyl (C=O) groups is 1. The molecule has 0 saturated carbocycles. The van der Waals surface area contributed by atoms with E-state index in [4.69, 9.17) is 4.74 Å². The van der Waals surface area contributed by atoms with E-state index < -0.39 is 21.7 Å². The lowest BCUT2D eigenvalue weighted by atomic mass is 9.98. The van der Waals surface area contributed by atoms with Crippen molar-refractivity contribution in [3.8, 4) is 0 Å². The van der Waals surface area contributed by atoms with Gasteiger partial charge in [-0.25, -0.2) is 13.2 Å². The van der Waals surface area contributed by atoms with Crippen LogP contribution in [0.1, 0.15) is 33.6 Å². The first kappa shape index (κ1) is 18.2. The lowest BCUT2D eigenvalue weighted by Gasteiger charge is -2.31. The largest absolute Gasteiger partial charge is 0.444 e. The van der Waals surface area contributed by atoms with Crippen molar-refractivity contribution in [3.63, 3.8) is 0 Å².